The number of allylic oxidation sites excluding steroid dienone is 1. The third-order valence-corrected chi connectivity index (χ3v) is 6.02. The van der Waals surface area contributed by atoms with Gasteiger partial charge in [0.05, 0.1) is 10.6 Å². The smallest absolute Gasteiger partial charge is 0.221 e. The lowest BCUT2D eigenvalue weighted by molar-refractivity contribution is -0.120. The van der Waals surface area contributed by atoms with Gasteiger partial charge in [-0.25, -0.2) is 8.42 Å². The minimum absolute atomic E-state index is 0.0607. The Morgan fingerprint density at radius 3 is 2.46 bits per heavy atom. The lowest BCUT2D eigenvalue weighted by atomic mass is 9.97. The van der Waals surface area contributed by atoms with Crippen LogP contribution in [0.4, 0.5) is 5.69 Å². The van der Waals surface area contributed by atoms with Crippen LogP contribution in [0.15, 0.2) is 40.8 Å². The van der Waals surface area contributed by atoms with Gasteiger partial charge in [-0.1, -0.05) is 11.6 Å². The number of carbonyl (C=O) groups excluding carboxylic acids is 2. The summed E-state index contributed by atoms with van der Waals surface area (Å²) in [4.78, 5) is 23.0. The highest BCUT2D eigenvalue weighted by atomic mass is 32.2. The molecule has 0 saturated heterocycles. The molecule has 0 fully saturated rings. The molecule has 1 aliphatic carbocycles. The fraction of sp³-hybridized carbons (Fsp3) is 0.474. The van der Waals surface area contributed by atoms with Crippen LogP contribution in [0.3, 0.4) is 0 Å². The zero-order chi connectivity index (χ0) is 19.0. The van der Waals surface area contributed by atoms with Crippen LogP contribution in [0.25, 0.3) is 0 Å². The summed E-state index contributed by atoms with van der Waals surface area (Å²) in [5.74, 6) is -0.706. The van der Waals surface area contributed by atoms with Crippen molar-refractivity contribution in [3.8, 4) is 0 Å². The molecule has 0 heterocycles. The second kappa shape index (κ2) is 9.52. The van der Waals surface area contributed by atoms with Crippen molar-refractivity contribution in [1.82, 2.24) is 5.32 Å². The molecule has 0 spiro atoms. The molecule has 1 aromatic carbocycles. The Hall–Kier alpha value is -2.15. The van der Waals surface area contributed by atoms with Crippen molar-refractivity contribution >= 4 is 27.3 Å². The number of rotatable bonds is 8. The van der Waals surface area contributed by atoms with Crippen molar-refractivity contribution in [1.29, 1.82) is 0 Å². The highest BCUT2D eigenvalue weighted by Gasteiger charge is 2.16. The fourth-order valence-electron chi connectivity index (χ4n) is 2.88. The van der Waals surface area contributed by atoms with Crippen LogP contribution in [-0.4, -0.2) is 32.5 Å². The van der Waals surface area contributed by atoms with Crippen molar-refractivity contribution in [3.05, 3.63) is 35.9 Å². The molecule has 1 aromatic rings. The third kappa shape index (κ3) is 6.63. The van der Waals surface area contributed by atoms with Crippen LogP contribution >= 0.6 is 0 Å². The van der Waals surface area contributed by atoms with E-state index in [1.807, 2.05) is 0 Å². The Morgan fingerprint density at radius 2 is 1.85 bits per heavy atom. The van der Waals surface area contributed by atoms with E-state index in [4.69, 9.17) is 0 Å². The molecule has 0 unspecified atom stereocenters. The first-order valence-corrected chi connectivity index (χ1v) is 10.6. The van der Waals surface area contributed by atoms with Crippen molar-refractivity contribution in [2.75, 3.05) is 17.6 Å². The first-order chi connectivity index (χ1) is 12.4. The molecule has 0 aromatic heterocycles. The van der Waals surface area contributed by atoms with E-state index < -0.39 is 9.84 Å². The number of amides is 2. The van der Waals surface area contributed by atoms with Gasteiger partial charge in [-0.15, -0.1) is 0 Å². The molecule has 7 heteroatoms. The molecule has 2 N–H and O–H groups in total. The summed E-state index contributed by atoms with van der Waals surface area (Å²) in [5.41, 5.74) is 1.91. The lowest BCUT2D eigenvalue weighted by Crippen LogP contribution is -2.27. The number of anilines is 1. The second-order valence-electron chi connectivity index (χ2n) is 6.48. The number of hydrogen-bond donors (Lipinski definition) is 2. The average molecular weight is 378 g/mol. The van der Waals surface area contributed by atoms with Gasteiger partial charge < -0.3 is 10.6 Å². The molecule has 2 rings (SSSR count). The molecule has 1 aliphatic rings. The standard InChI is InChI=1S/C19H26N2O4S/c1-15(22)21-17-7-9-18(10-8-17)26(24,25)14-12-19(23)20-13-11-16-5-3-2-4-6-16/h5,7-10H,2-4,6,11-14H2,1H3,(H,20,23)(H,21,22). The van der Waals surface area contributed by atoms with E-state index in [0.717, 1.165) is 19.3 Å². The first-order valence-electron chi connectivity index (χ1n) is 8.92. The number of nitrogens with one attached hydrogen (secondary N) is 2. The molecule has 142 valence electrons. The number of sulfone groups is 1. The highest BCUT2D eigenvalue weighted by Crippen LogP contribution is 2.19. The quantitative estimate of drug-likeness (QED) is 0.680. The molecular weight excluding hydrogens is 352 g/mol. The molecule has 0 saturated carbocycles. The molecule has 0 aliphatic heterocycles. The SMILES string of the molecule is CC(=O)Nc1ccc(S(=O)(=O)CCC(=O)NCCC2=CCCCC2)cc1. The van der Waals surface area contributed by atoms with Crippen molar-refractivity contribution in [2.24, 2.45) is 0 Å². The van der Waals surface area contributed by atoms with Gasteiger partial charge in [-0.3, -0.25) is 9.59 Å². The maximum Gasteiger partial charge on any atom is 0.221 e. The minimum Gasteiger partial charge on any atom is -0.356 e. The zero-order valence-electron chi connectivity index (χ0n) is 15.1. The predicted octanol–water partition coefficient (Wildman–Crippen LogP) is 2.82. The molecule has 6 nitrogen and oxygen atoms in total. The van der Waals surface area contributed by atoms with Crippen LogP contribution < -0.4 is 10.6 Å². The lowest BCUT2D eigenvalue weighted by Gasteiger charge is -2.13. The summed E-state index contributed by atoms with van der Waals surface area (Å²) in [6, 6.07) is 5.95. The topological polar surface area (TPSA) is 92.3 Å². The normalized spacial score (nSPS) is 14.4. The van der Waals surface area contributed by atoms with Crippen LogP contribution in [0.2, 0.25) is 0 Å². The van der Waals surface area contributed by atoms with Crippen molar-refractivity contribution in [2.45, 2.75) is 50.3 Å². The number of hydrogen-bond acceptors (Lipinski definition) is 4. The van der Waals surface area contributed by atoms with Gasteiger partial charge in [-0.05, 0) is 56.4 Å². The summed E-state index contributed by atoms with van der Waals surface area (Å²) < 4.78 is 24.6. The molecule has 2 amide bonds. The van der Waals surface area contributed by atoms with E-state index in [2.05, 4.69) is 16.7 Å². The predicted molar refractivity (Wildman–Crippen MR) is 102 cm³/mol. The largest absolute Gasteiger partial charge is 0.356 e. The van der Waals surface area contributed by atoms with E-state index in [-0.39, 0.29) is 28.9 Å². The molecule has 0 bridgehead atoms. The Labute approximate surface area is 155 Å². The molecule has 26 heavy (non-hydrogen) atoms. The maximum absolute atomic E-state index is 12.3. The summed E-state index contributed by atoms with van der Waals surface area (Å²) in [6.07, 6.45) is 7.67. The average Bonchev–Trinajstić information content (AvgIpc) is 2.61. The second-order valence-corrected chi connectivity index (χ2v) is 8.59. The Kier molecular flexibility index (Phi) is 7.38. The van der Waals surface area contributed by atoms with Gasteiger partial charge >= 0.3 is 0 Å². The van der Waals surface area contributed by atoms with Gasteiger partial charge in [0.1, 0.15) is 0 Å². The Balaban J connectivity index is 1.78. The van der Waals surface area contributed by atoms with Crippen molar-refractivity contribution < 1.29 is 18.0 Å². The fourth-order valence-corrected chi connectivity index (χ4v) is 4.12. The van der Waals surface area contributed by atoms with Crippen LogP contribution in [0.1, 0.15) is 45.4 Å². The summed E-state index contributed by atoms with van der Waals surface area (Å²) in [5, 5.41) is 5.37. The van der Waals surface area contributed by atoms with E-state index in [1.165, 1.54) is 49.6 Å². The Morgan fingerprint density at radius 1 is 1.12 bits per heavy atom. The maximum atomic E-state index is 12.3. The van der Waals surface area contributed by atoms with Gasteiger partial charge in [0, 0.05) is 25.6 Å². The molecular formula is C19H26N2O4S. The van der Waals surface area contributed by atoms with Gasteiger partial charge in [0.25, 0.3) is 0 Å². The zero-order valence-corrected chi connectivity index (χ0v) is 15.9. The summed E-state index contributed by atoms with van der Waals surface area (Å²) >= 11 is 0. The van der Waals surface area contributed by atoms with Crippen LogP contribution in [0.5, 0.6) is 0 Å². The van der Waals surface area contributed by atoms with E-state index in [0.29, 0.717) is 12.2 Å². The van der Waals surface area contributed by atoms with E-state index >= 15 is 0 Å². The van der Waals surface area contributed by atoms with Gasteiger partial charge in [0.2, 0.25) is 11.8 Å². The first kappa shape index (κ1) is 20.2. The summed E-state index contributed by atoms with van der Waals surface area (Å²) in [7, 11) is -3.53. The third-order valence-electron chi connectivity index (χ3n) is 4.28. The monoisotopic (exact) mass is 378 g/mol. The minimum atomic E-state index is -3.53. The van der Waals surface area contributed by atoms with Gasteiger partial charge in [0.15, 0.2) is 9.84 Å². The molecule has 0 radical (unpaired) electrons. The van der Waals surface area contributed by atoms with Crippen molar-refractivity contribution in [3.63, 3.8) is 0 Å². The summed E-state index contributed by atoms with van der Waals surface area (Å²) in [6.45, 7) is 1.93. The Bertz CT molecular complexity index is 767. The van der Waals surface area contributed by atoms with E-state index in [9.17, 15) is 18.0 Å². The van der Waals surface area contributed by atoms with E-state index in [1.54, 1.807) is 0 Å². The van der Waals surface area contributed by atoms with Crippen LogP contribution in [0, 0.1) is 0 Å². The molecule has 0 atom stereocenters. The highest BCUT2D eigenvalue weighted by molar-refractivity contribution is 7.91. The van der Waals surface area contributed by atoms with Gasteiger partial charge in [-0.2, -0.15) is 0 Å². The number of benzene rings is 1. The van der Waals surface area contributed by atoms with Crippen LogP contribution in [-0.2, 0) is 19.4 Å². The number of carbonyl (C=O) groups is 2.